The first kappa shape index (κ1) is 19.4. The largest absolute Gasteiger partial charge is 0.493 e. The molecule has 138 valence electrons. The molecule has 0 unspecified atom stereocenters. The topological polar surface area (TPSA) is 78.4 Å². The van der Waals surface area contributed by atoms with Gasteiger partial charge in [-0.15, -0.1) is 0 Å². The minimum absolute atomic E-state index is 0.188. The Balaban J connectivity index is 1.96. The van der Waals surface area contributed by atoms with E-state index in [0.717, 1.165) is 0 Å². The van der Waals surface area contributed by atoms with Gasteiger partial charge < -0.3 is 18.9 Å². The van der Waals surface area contributed by atoms with E-state index in [1.54, 1.807) is 36.4 Å². The molecule has 8 heteroatoms. The van der Waals surface area contributed by atoms with Crippen molar-refractivity contribution in [2.45, 2.75) is 0 Å². The third kappa shape index (κ3) is 5.29. The number of hydrazone groups is 1. The summed E-state index contributed by atoms with van der Waals surface area (Å²) >= 11 is 5.85. The number of hydrogen-bond donors (Lipinski definition) is 1. The van der Waals surface area contributed by atoms with Crippen LogP contribution in [0.4, 0.5) is 0 Å². The Hall–Kier alpha value is -2.93. The highest BCUT2D eigenvalue weighted by atomic mass is 35.5. The van der Waals surface area contributed by atoms with Crippen LogP contribution in [-0.2, 0) is 4.79 Å². The Morgan fingerprint density at radius 3 is 2.38 bits per heavy atom. The lowest BCUT2D eigenvalue weighted by Crippen LogP contribution is -2.24. The summed E-state index contributed by atoms with van der Waals surface area (Å²) in [6.07, 6.45) is 1.46. The Bertz CT molecular complexity index is 770. The summed E-state index contributed by atoms with van der Waals surface area (Å²) < 4.78 is 21.1. The number of ether oxygens (including phenoxy) is 4. The monoisotopic (exact) mass is 378 g/mol. The molecule has 26 heavy (non-hydrogen) atoms. The number of carbonyl (C=O) groups excluding carboxylic acids is 1. The molecule has 0 saturated carbocycles. The van der Waals surface area contributed by atoms with E-state index in [-0.39, 0.29) is 6.61 Å². The summed E-state index contributed by atoms with van der Waals surface area (Å²) in [6.45, 7) is -0.188. The third-order valence-corrected chi connectivity index (χ3v) is 3.49. The maximum atomic E-state index is 11.8. The van der Waals surface area contributed by atoms with Gasteiger partial charge >= 0.3 is 0 Å². The van der Waals surface area contributed by atoms with Gasteiger partial charge in [0, 0.05) is 10.6 Å². The Labute approximate surface area is 156 Å². The summed E-state index contributed by atoms with van der Waals surface area (Å²) in [5.41, 5.74) is 3.04. The SMILES string of the molecule is COc1cc(C=NNC(=O)COc2cccc(Cl)c2)cc(OC)c1OC. The molecular formula is C18H19ClN2O5. The molecule has 7 nitrogen and oxygen atoms in total. The average Bonchev–Trinajstić information content (AvgIpc) is 2.65. The van der Waals surface area contributed by atoms with E-state index in [2.05, 4.69) is 10.5 Å². The van der Waals surface area contributed by atoms with Crippen molar-refractivity contribution in [3.05, 3.63) is 47.0 Å². The highest BCUT2D eigenvalue weighted by Crippen LogP contribution is 2.37. The highest BCUT2D eigenvalue weighted by molar-refractivity contribution is 6.30. The number of rotatable bonds is 8. The summed E-state index contributed by atoms with van der Waals surface area (Å²) in [5.74, 6) is 1.55. The van der Waals surface area contributed by atoms with Gasteiger partial charge in [0.15, 0.2) is 18.1 Å². The van der Waals surface area contributed by atoms with Gasteiger partial charge in [0.1, 0.15) is 5.75 Å². The molecule has 0 bridgehead atoms. The molecule has 0 atom stereocenters. The van der Waals surface area contributed by atoms with Gasteiger partial charge in [0.05, 0.1) is 27.5 Å². The van der Waals surface area contributed by atoms with E-state index in [4.69, 9.17) is 30.5 Å². The van der Waals surface area contributed by atoms with Gasteiger partial charge in [0.25, 0.3) is 5.91 Å². The van der Waals surface area contributed by atoms with Crippen LogP contribution in [0.5, 0.6) is 23.0 Å². The Kier molecular flexibility index (Phi) is 7.11. The van der Waals surface area contributed by atoms with Crippen molar-refractivity contribution in [2.75, 3.05) is 27.9 Å². The smallest absolute Gasteiger partial charge is 0.277 e. The van der Waals surface area contributed by atoms with E-state index >= 15 is 0 Å². The van der Waals surface area contributed by atoms with Crippen molar-refractivity contribution < 1.29 is 23.7 Å². The van der Waals surface area contributed by atoms with Gasteiger partial charge in [-0.3, -0.25) is 4.79 Å². The third-order valence-electron chi connectivity index (χ3n) is 3.26. The molecule has 0 aliphatic rings. The normalized spacial score (nSPS) is 10.5. The molecule has 2 rings (SSSR count). The number of nitrogens with one attached hydrogen (secondary N) is 1. The van der Waals surface area contributed by atoms with Crippen LogP contribution in [-0.4, -0.2) is 40.1 Å². The zero-order valence-corrected chi connectivity index (χ0v) is 15.4. The van der Waals surface area contributed by atoms with Crippen LogP contribution in [0.25, 0.3) is 0 Å². The number of carbonyl (C=O) groups is 1. The molecule has 0 fully saturated rings. The highest BCUT2D eigenvalue weighted by Gasteiger charge is 2.12. The standard InChI is InChI=1S/C18H19ClN2O5/c1-23-15-7-12(8-16(24-2)18(15)25-3)10-20-21-17(22)11-26-14-6-4-5-13(19)9-14/h4-10H,11H2,1-3H3,(H,21,22). The second kappa shape index (κ2) is 9.53. The van der Waals surface area contributed by atoms with Gasteiger partial charge in [-0.1, -0.05) is 17.7 Å². The Morgan fingerprint density at radius 1 is 1.12 bits per heavy atom. The van der Waals surface area contributed by atoms with Gasteiger partial charge in [-0.25, -0.2) is 5.43 Å². The molecule has 0 aliphatic carbocycles. The summed E-state index contributed by atoms with van der Waals surface area (Å²) in [7, 11) is 4.56. The summed E-state index contributed by atoms with van der Waals surface area (Å²) in [6, 6.07) is 10.2. The number of halogens is 1. The molecule has 1 N–H and O–H groups in total. The van der Waals surface area contributed by atoms with Crippen LogP contribution in [0.1, 0.15) is 5.56 Å². The van der Waals surface area contributed by atoms with E-state index in [9.17, 15) is 4.79 Å². The first-order valence-electron chi connectivity index (χ1n) is 7.57. The zero-order valence-electron chi connectivity index (χ0n) is 14.6. The van der Waals surface area contributed by atoms with Crippen molar-refractivity contribution in [3.63, 3.8) is 0 Å². The first-order chi connectivity index (χ1) is 12.6. The number of nitrogens with zero attached hydrogens (tertiary/aromatic N) is 1. The molecule has 0 saturated heterocycles. The van der Waals surface area contributed by atoms with Gasteiger partial charge in [-0.2, -0.15) is 5.10 Å². The summed E-state index contributed by atoms with van der Waals surface area (Å²) in [4.78, 5) is 11.8. The van der Waals surface area contributed by atoms with Crippen LogP contribution in [0.2, 0.25) is 5.02 Å². The average molecular weight is 379 g/mol. The molecule has 0 spiro atoms. The van der Waals surface area contributed by atoms with Crippen LogP contribution in [0.15, 0.2) is 41.5 Å². The van der Waals surface area contributed by atoms with Crippen molar-refractivity contribution in [1.29, 1.82) is 0 Å². The fourth-order valence-electron chi connectivity index (χ4n) is 2.09. The second-order valence-electron chi connectivity index (χ2n) is 5.00. The zero-order chi connectivity index (χ0) is 18.9. The maximum Gasteiger partial charge on any atom is 0.277 e. The molecule has 0 aliphatic heterocycles. The fourth-order valence-corrected chi connectivity index (χ4v) is 2.27. The first-order valence-corrected chi connectivity index (χ1v) is 7.95. The molecule has 0 heterocycles. The molecule has 0 aromatic heterocycles. The van der Waals surface area contributed by atoms with E-state index in [1.165, 1.54) is 27.5 Å². The van der Waals surface area contributed by atoms with Crippen molar-refractivity contribution in [1.82, 2.24) is 5.43 Å². The van der Waals surface area contributed by atoms with Crippen molar-refractivity contribution in [2.24, 2.45) is 5.10 Å². The van der Waals surface area contributed by atoms with Crippen LogP contribution in [0.3, 0.4) is 0 Å². The number of methoxy groups -OCH3 is 3. The maximum absolute atomic E-state index is 11.8. The fraction of sp³-hybridized carbons (Fsp3) is 0.222. The van der Waals surface area contributed by atoms with Crippen molar-refractivity contribution in [3.8, 4) is 23.0 Å². The van der Waals surface area contributed by atoms with Crippen LogP contribution in [0, 0.1) is 0 Å². The molecule has 2 aromatic rings. The van der Waals surface area contributed by atoms with E-state index < -0.39 is 5.91 Å². The minimum atomic E-state index is -0.409. The minimum Gasteiger partial charge on any atom is -0.493 e. The van der Waals surface area contributed by atoms with Crippen LogP contribution < -0.4 is 24.4 Å². The lowest BCUT2D eigenvalue weighted by atomic mass is 10.2. The number of amides is 1. The number of hydrogen-bond acceptors (Lipinski definition) is 6. The van der Waals surface area contributed by atoms with Gasteiger partial charge in [-0.05, 0) is 30.3 Å². The van der Waals surface area contributed by atoms with E-state index in [0.29, 0.717) is 33.6 Å². The molecular weight excluding hydrogens is 360 g/mol. The van der Waals surface area contributed by atoms with Gasteiger partial charge in [0.2, 0.25) is 5.75 Å². The molecule has 0 radical (unpaired) electrons. The molecule has 2 aromatic carbocycles. The predicted octanol–water partition coefficient (Wildman–Crippen LogP) is 2.89. The molecule has 1 amide bonds. The number of benzene rings is 2. The quantitative estimate of drug-likeness (QED) is 0.564. The van der Waals surface area contributed by atoms with Crippen LogP contribution >= 0.6 is 11.6 Å². The predicted molar refractivity (Wildman–Crippen MR) is 98.8 cm³/mol. The lowest BCUT2D eigenvalue weighted by Gasteiger charge is -2.12. The van der Waals surface area contributed by atoms with Crippen molar-refractivity contribution >= 4 is 23.7 Å². The Morgan fingerprint density at radius 2 is 1.81 bits per heavy atom. The summed E-state index contributed by atoms with van der Waals surface area (Å²) in [5, 5.41) is 4.43. The lowest BCUT2D eigenvalue weighted by molar-refractivity contribution is -0.123. The van der Waals surface area contributed by atoms with E-state index in [1.807, 2.05) is 0 Å². The second-order valence-corrected chi connectivity index (χ2v) is 5.43.